The molecule has 92 valence electrons. The van der Waals surface area contributed by atoms with Gasteiger partial charge in [-0.15, -0.1) is 0 Å². The summed E-state index contributed by atoms with van der Waals surface area (Å²) in [5, 5.41) is 12.3. The molecule has 2 N–H and O–H groups in total. The van der Waals surface area contributed by atoms with E-state index in [0.717, 1.165) is 5.56 Å². The zero-order chi connectivity index (χ0) is 12.8. The first kappa shape index (κ1) is 13.4. The maximum absolute atomic E-state index is 11.2. The summed E-state index contributed by atoms with van der Waals surface area (Å²) in [7, 11) is 0. The minimum absolute atomic E-state index is 0.258. The summed E-state index contributed by atoms with van der Waals surface area (Å²) in [6, 6.07) is 8.84. The normalized spacial score (nSPS) is 13.8. The molecule has 1 aromatic rings. The number of ketones is 1. The van der Waals surface area contributed by atoms with Gasteiger partial charge in [0.2, 0.25) is 5.91 Å². The highest BCUT2D eigenvalue weighted by molar-refractivity contribution is 5.82. The fourth-order valence-corrected chi connectivity index (χ4v) is 1.65. The third-order valence-corrected chi connectivity index (χ3v) is 2.48. The number of aliphatic hydroxyl groups is 1. The van der Waals surface area contributed by atoms with E-state index in [1.54, 1.807) is 0 Å². The summed E-state index contributed by atoms with van der Waals surface area (Å²) in [6.07, 6.45) is -0.736. The van der Waals surface area contributed by atoms with Crippen LogP contribution in [0, 0.1) is 0 Å². The van der Waals surface area contributed by atoms with Crippen molar-refractivity contribution >= 4 is 11.7 Å². The Bertz CT molecular complexity index is 389. The Hall–Kier alpha value is -1.68. The van der Waals surface area contributed by atoms with Gasteiger partial charge >= 0.3 is 0 Å². The molecular formula is C13H17NO3. The second-order valence-electron chi connectivity index (χ2n) is 4.05. The lowest BCUT2D eigenvalue weighted by Crippen LogP contribution is -2.46. The molecule has 1 aromatic carbocycles. The molecule has 0 radical (unpaired) electrons. The quantitative estimate of drug-likeness (QED) is 0.789. The number of benzene rings is 1. The Labute approximate surface area is 101 Å². The number of carbonyl (C=O) groups excluding carboxylic acids is 2. The van der Waals surface area contributed by atoms with Crippen LogP contribution in [0.3, 0.4) is 0 Å². The number of Topliss-reactive ketones (excluding diaryl/α,β-unsaturated/α-hetero) is 1. The van der Waals surface area contributed by atoms with E-state index >= 15 is 0 Å². The summed E-state index contributed by atoms with van der Waals surface area (Å²) in [6.45, 7) is 2.68. The first-order valence-corrected chi connectivity index (χ1v) is 5.50. The van der Waals surface area contributed by atoms with E-state index in [4.69, 9.17) is 0 Å². The highest BCUT2D eigenvalue weighted by atomic mass is 16.3. The second kappa shape index (κ2) is 6.15. The smallest absolute Gasteiger partial charge is 0.217 e. The highest BCUT2D eigenvalue weighted by Gasteiger charge is 2.23. The lowest BCUT2D eigenvalue weighted by molar-refractivity contribution is -0.128. The standard InChI is InChI=1S/C13H17NO3/c1-9(15)13(17)12(14-10(2)16)8-11-6-4-3-5-7-11/h3-7,12-13,17H,8H2,1-2H3,(H,14,16). The van der Waals surface area contributed by atoms with Gasteiger partial charge in [0.15, 0.2) is 5.78 Å². The van der Waals surface area contributed by atoms with Crippen molar-refractivity contribution in [2.24, 2.45) is 0 Å². The van der Waals surface area contributed by atoms with Crippen LogP contribution >= 0.6 is 0 Å². The fourth-order valence-electron chi connectivity index (χ4n) is 1.65. The van der Waals surface area contributed by atoms with Crippen LogP contribution in [0.25, 0.3) is 0 Å². The molecule has 1 rings (SSSR count). The zero-order valence-corrected chi connectivity index (χ0v) is 10.0. The molecule has 2 atom stereocenters. The lowest BCUT2D eigenvalue weighted by Gasteiger charge is -2.21. The lowest BCUT2D eigenvalue weighted by atomic mass is 9.99. The molecule has 0 aromatic heterocycles. The average molecular weight is 235 g/mol. The Morgan fingerprint density at radius 1 is 1.24 bits per heavy atom. The van der Waals surface area contributed by atoms with Gasteiger partial charge in [-0.3, -0.25) is 9.59 Å². The van der Waals surface area contributed by atoms with Crippen LogP contribution in [0.4, 0.5) is 0 Å². The SMILES string of the molecule is CC(=O)NC(Cc1ccccc1)C(O)C(C)=O. The van der Waals surface area contributed by atoms with E-state index in [1.165, 1.54) is 13.8 Å². The summed E-state index contributed by atoms with van der Waals surface area (Å²) in [5.41, 5.74) is 0.964. The molecule has 2 unspecified atom stereocenters. The minimum Gasteiger partial charge on any atom is -0.383 e. The Morgan fingerprint density at radius 3 is 2.29 bits per heavy atom. The summed E-state index contributed by atoms with van der Waals surface area (Å²) in [4.78, 5) is 22.2. The Balaban J connectivity index is 2.77. The Morgan fingerprint density at radius 2 is 1.82 bits per heavy atom. The summed E-state index contributed by atoms with van der Waals surface area (Å²) >= 11 is 0. The van der Waals surface area contributed by atoms with Crippen molar-refractivity contribution in [1.82, 2.24) is 5.32 Å². The van der Waals surface area contributed by atoms with Crippen molar-refractivity contribution in [3.63, 3.8) is 0 Å². The van der Waals surface area contributed by atoms with Gasteiger partial charge in [-0.2, -0.15) is 0 Å². The molecule has 0 spiro atoms. The van der Waals surface area contributed by atoms with Gasteiger partial charge in [0, 0.05) is 6.92 Å². The van der Waals surface area contributed by atoms with Gasteiger partial charge in [0.1, 0.15) is 6.10 Å². The van der Waals surface area contributed by atoms with Crippen LogP contribution in [0.5, 0.6) is 0 Å². The number of hydrogen-bond acceptors (Lipinski definition) is 3. The number of amides is 1. The van der Waals surface area contributed by atoms with Crippen LogP contribution in [-0.4, -0.2) is 28.9 Å². The molecule has 0 aliphatic rings. The van der Waals surface area contributed by atoms with Gasteiger partial charge < -0.3 is 10.4 Å². The van der Waals surface area contributed by atoms with Crippen LogP contribution < -0.4 is 5.32 Å². The molecule has 0 fully saturated rings. The average Bonchev–Trinajstić information content (AvgIpc) is 2.28. The van der Waals surface area contributed by atoms with E-state index in [1.807, 2.05) is 30.3 Å². The zero-order valence-electron chi connectivity index (χ0n) is 10.0. The highest BCUT2D eigenvalue weighted by Crippen LogP contribution is 2.07. The summed E-state index contributed by atoms with van der Waals surface area (Å²) < 4.78 is 0. The van der Waals surface area contributed by atoms with Crippen molar-refractivity contribution in [1.29, 1.82) is 0 Å². The molecule has 0 aliphatic heterocycles. The minimum atomic E-state index is -1.17. The predicted octanol–water partition coefficient (Wildman–Crippen LogP) is 0.684. The van der Waals surface area contributed by atoms with E-state index in [9.17, 15) is 14.7 Å². The molecule has 0 saturated heterocycles. The predicted molar refractivity (Wildman–Crippen MR) is 64.4 cm³/mol. The molecule has 0 heterocycles. The van der Waals surface area contributed by atoms with Crippen molar-refractivity contribution < 1.29 is 14.7 Å². The van der Waals surface area contributed by atoms with Crippen molar-refractivity contribution in [2.75, 3.05) is 0 Å². The van der Waals surface area contributed by atoms with Crippen LogP contribution in [0.15, 0.2) is 30.3 Å². The Kier molecular flexibility index (Phi) is 4.84. The van der Waals surface area contributed by atoms with Crippen LogP contribution in [0.1, 0.15) is 19.4 Å². The first-order valence-electron chi connectivity index (χ1n) is 5.50. The maximum Gasteiger partial charge on any atom is 0.217 e. The van der Waals surface area contributed by atoms with Crippen molar-refractivity contribution in [3.8, 4) is 0 Å². The van der Waals surface area contributed by atoms with E-state index in [-0.39, 0.29) is 11.7 Å². The molecule has 1 amide bonds. The number of rotatable bonds is 5. The van der Waals surface area contributed by atoms with E-state index < -0.39 is 12.1 Å². The van der Waals surface area contributed by atoms with E-state index in [2.05, 4.69) is 5.32 Å². The number of nitrogens with one attached hydrogen (secondary N) is 1. The topological polar surface area (TPSA) is 66.4 Å². The van der Waals surface area contributed by atoms with Crippen LogP contribution in [-0.2, 0) is 16.0 Å². The third-order valence-electron chi connectivity index (χ3n) is 2.48. The van der Waals surface area contributed by atoms with Crippen molar-refractivity contribution in [3.05, 3.63) is 35.9 Å². The molecule has 17 heavy (non-hydrogen) atoms. The van der Waals surface area contributed by atoms with Gasteiger partial charge in [-0.05, 0) is 18.9 Å². The van der Waals surface area contributed by atoms with Gasteiger partial charge in [-0.25, -0.2) is 0 Å². The third kappa shape index (κ3) is 4.36. The van der Waals surface area contributed by atoms with Gasteiger partial charge in [0.25, 0.3) is 0 Å². The van der Waals surface area contributed by atoms with Gasteiger partial charge in [-0.1, -0.05) is 30.3 Å². The monoisotopic (exact) mass is 235 g/mol. The maximum atomic E-state index is 11.2. The molecule has 0 aliphatic carbocycles. The number of hydrogen-bond donors (Lipinski definition) is 2. The first-order chi connectivity index (χ1) is 8.00. The van der Waals surface area contributed by atoms with Gasteiger partial charge in [0.05, 0.1) is 6.04 Å². The van der Waals surface area contributed by atoms with Crippen LogP contribution in [0.2, 0.25) is 0 Å². The molecule has 4 nitrogen and oxygen atoms in total. The second-order valence-corrected chi connectivity index (χ2v) is 4.05. The number of carbonyl (C=O) groups is 2. The summed E-state index contributed by atoms with van der Waals surface area (Å²) in [5.74, 6) is -0.606. The largest absolute Gasteiger partial charge is 0.383 e. The molecule has 0 saturated carbocycles. The molecule has 4 heteroatoms. The van der Waals surface area contributed by atoms with Crippen molar-refractivity contribution in [2.45, 2.75) is 32.4 Å². The van der Waals surface area contributed by atoms with E-state index in [0.29, 0.717) is 6.42 Å². The molecule has 0 bridgehead atoms. The fraction of sp³-hybridized carbons (Fsp3) is 0.385. The number of aliphatic hydroxyl groups excluding tert-OH is 1. The molecular weight excluding hydrogens is 218 g/mol.